The molecule has 43 heavy (non-hydrogen) atoms. The topological polar surface area (TPSA) is 116 Å². The van der Waals surface area contributed by atoms with E-state index < -0.39 is 26.8 Å². The van der Waals surface area contributed by atoms with Gasteiger partial charge in [-0.25, -0.2) is 13.1 Å². The van der Waals surface area contributed by atoms with Crippen LogP contribution in [0.25, 0.3) is 0 Å². The van der Waals surface area contributed by atoms with Crippen molar-refractivity contribution in [1.82, 2.24) is 4.72 Å². The van der Waals surface area contributed by atoms with Crippen molar-refractivity contribution in [2.24, 2.45) is 11.8 Å². The monoisotopic (exact) mass is 630 g/mol. The molecule has 4 aliphatic rings. The number of halogens is 1. The highest BCUT2D eigenvalue weighted by Crippen LogP contribution is 2.48. The molecule has 1 saturated carbocycles. The van der Waals surface area contributed by atoms with Gasteiger partial charge in [0.1, 0.15) is 5.75 Å². The zero-order chi connectivity index (χ0) is 30.4. The van der Waals surface area contributed by atoms with Crippen molar-refractivity contribution in [3.8, 4) is 5.75 Å². The van der Waals surface area contributed by atoms with E-state index in [-0.39, 0.29) is 29.4 Å². The predicted molar refractivity (Wildman–Crippen MR) is 167 cm³/mol. The highest BCUT2D eigenvalue weighted by atomic mass is 35.5. The Morgan fingerprint density at radius 2 is 1.93 bits per heavy atom. The molecule has 2 aromatic rings. The van der Waals surface area contributed by atoms with E-state index in [4.69, 9.17) is 16.3 Å². The van der Waals surface area contributed by atoms with Crippen LogP contribution >= 0.6 is 11.6 Å². The molecule has 8 nitrogen and oxygen atoms in total. The molecule has 5 atom stereocenters. The van der Waals surface area contributed by atoms with Gasteiger partial charge in [-0.05, 0) is 105 Å². The van der Waals surface area contributed by atoms with Crippen LogP contribution in [0.2, 0.25) is 5.02 Å². The second-order valence-corrected chi connectivity index (χ2v) is 15.6. The van der Waals surface area contributed by atoms with E-state index in [1.807, 2.05) is 6.07 Å². The van der Waals surface area contributed by atoms with Crippen molar-refractivity contribution in [2.45, 2.75) is 87.4 Å². The molecule has 2 bridgehead atoms. The maximum atomic E-state index is 13.4. The van der Waals surface area contributed by atoms with E-state index in [0.717, 1.165) is 42.8 Å². The molecule has 1 unspecified atom stereocenters. The van der Waals surface area contributed by atoms with E-state index in [1.54, 1.807) is 25.1 Å². The lowest BCUT2D eigenvalue weighted by atomic mass is 9.63. The number of fused-ring (bicyclic) bond motifs is 4. The number of aliphatic hydroxyl groups is 2. The largest absolute Gasteiger partial charge is 0.490 e. The summed E-state index contributed by atoms with van der Waals surface area (Å²) in [5.41, 5.74) is 1.96. The van der Waals surface area contributed by atoms with E-state index in [0.29, 0.717) is 57.6 Å². The fraction of sp³-hybridized carbons (Fsp3) is 0.606. The summed E-state index contributed by atoms with van der Waals surface area (Å²) in [5.74, 6) is 0.102. The van der Waals surface area contributed by atoms with Gasteiger partial charge in [0.25, 0.3) is 5.91 Å². The number of carbonyl (C=O) groups excluding carboxylic acids is 1. The van der Waals surface area contributed by atoms with Crippen molar-refractivity contribution in [2.75, 3.05) is 31.2 Å². The van der Waals surface area contributed by atoms with Gasteiger partial charge in [-0.15, -0.1) is 0 Å². The molecular weight excluding hydrogens is 588 g/mol. The van der Waals surface area contributed by atoms with Gasteiger partial charge < -0.3 is 19.8 Å². The second-order valence-electron chi connectivity index (χ2n) is 13.2. The van der Waals surface area contributed by atoms with Crippen molar-refractivity contribution in [3.05, 3.63) is 58.1 Å². The molecule has 2 heterocycles. The summed E-state index contributed by atoms with van der Waals surface area (Å²) in [6.45, 7) is 3.24. The normalized spacial score (nSPS) is 32.4. The number of rotatable bonds is 2. The summed E-state index contributed by atoms with van der Waals surface area (Å²) in [6.07, 6.45) is 7.02. The van der Waals surface area contributed by atoms with Crippen LogP contribution in [0.3, 0.4) is 0 Å². The number of hydrogen-bond acceptors (Lipinski definition) is 7. The van der Waals surface area contributed by atoms with E-state index in [9.17, 15) is 23.4 Å². The SMILES string of the molecule is CCC1CCCC[C@@](O)(CO)[C@@H]2CC[C@H]2CN2C[C@@]3(CCCc4cc(Cl)ccc43)COc3ccc(cc32)C(=O)NS1(=O)=O. The first-order valence-corrected chi connectivity index (χ1v) is 17.7. The Bertz CT molecular complexity index is 1480. The molecule has 10 heteroatoms. The summed E-state index contributed by atoms with van der Waals surface area (Å²) < 4.78 is 35.4. The predicted octanol–water partition coefficient (Wildman–Crippen LogP) is 4.97. The van der Waals surface area contributed by atoms with Gasteiger partial charge in [-0.1, -0.05) is 37.4 Å². The minimum atomic E-state index is -3.91. The minimum Gasteiger partial charge on any atom is -0.490 e. The molecular formula is C33H43ClN2O6S. The van der Waals surface area contributed by atoms with Crippen LogP contribution in [0.15, 0.2) is 36.4 Å². The van der Waals surface area contributed by atoms with Crippen LogP contribution in [0.5, 0.6) is 5.75 Å². The van der Waals surface area contributed by atoms with Gasteiger partial charge in [0.05, 0.1) is 29.8 Å². The number of nitrogens with zero attached hydrogens (tertiary/aromatic N) is 1. The van der Waals surface area contributed by atoms with Gasteiger partial charge in [0.15, 0.2) is 0 Å². The fourth-order valence-corrected chi connectivity index (χ4v) is 9.72. The number of amides is 1. The number of benzene rings is 2. The molecule has 6 rings (SSSR count). The van der Waals surface area contributed by atoms with Crippen molar-refractivity contribution >= 4 is 33.2 Å². The number of anilines is 1. The Labute approximate surface area is 259 Å². The minimum absolute atomic E-state index is 0.0661. The zero-order valence-corrected chi connectivity index (χ0v) is 26.4. The van der Waals surface area contributed by atoms with Crippen LogP contribution in [-0.2, 0) is 21.9 Å². The molecule has 234 valence electrons. The van der Waals surface area contributed by atoms with Gasteiger partial charge in [0, 0.05) is 29.1 Å². The molecule has 2 aliphatic carbocycles. The number of aliphatic hydroxyl groups excluding tert-OH is 1. The van der Waals surface area contributed by atoms with Gasteiger partial charge >= 0.3 is 0 Å². The molecule has 0 radical (unpaired) electrons. The van der Waals surface area contributed by atoms with Gasteiger partial charge in [-0.2, -0.15) is 0 Å². The molecule has 2 aliphatic heterocycles. The van der Waals surface area contributed by atoms with Gasteiger partial charge in [0.2, 0.25) is 10.0 Å². The van der Waals surface area contributed by atoms with Gasteiger partial charge in [-0.3, -0.25) is 4.79 Å². The molecule has 0 aromatic heterocycles. The lowest BCUT2D eigenvalue weighted by molar-refractivity contribution is -0.117. The van der Waals surface area contributed by atoms with Crippen molar-refractivity contribution in [3.63, 3.8) is 0 Å². The number of nitrogens with one attached hydrogen (secondary N) is 1. The first-order valence-electron chi connectivity index (χ1n) is 15.8. The van der Waals surface area contributed by atoms with Crippen LogP contribution < -0.4 is 14.4 Å². The number of hydrogen-bond donors (Lipinski definition) is 3. The highest BCUT2D eigenvalue weighted by Gasteiger charge is 2.48. The van der Waals surface area contributed by atoms with Crippen LogP contribution in [0, 0.1) is 11.8 Å². The van der Waals surface area contributed by atoms with E-state index >= 15 is 0 Å². The van der Waals surface area contributed by atoms with E-state index in [2.05, 4.69) is 21.8 Å². The third-order valence-electron chi connectivity index (χ3n) is 10.7. The Balaban J connectivity index is 1.43. The summed E-state index contributed by atoms with van der Waals surface area (Å²) >= 11 is 6.39. The average Bonchev–Trinajstić information content (AvgIpc) is 3.11. The molecule has 1 amide bonds. The second kappa shape index (κ2) is 11.9. The molecule has 3 N–H and O–H groups in total. The van der Waals surface area contributed by atoms with Crippen molar-refractivity contribution < 1.29 is 28.2 Å². The first kappa shape index (κ1) is 30.7. The zero-order valence-electron chi connectivity index (χ0n) is 24.9. The van der Waals surface area contributed by atoms with Crippen LogP contribution in [0.1, 0.15) is 86.2 Å². The van der Waals surface area contributed by atoms with Crippen molar-refractivity contribution in [1.29, 1.82) is 0 Å². The number of aryl methyl sites for hydroxylation is 1. The van der Waals surface area contributed by atoms with Crippen LogP contribution in [0.4, 0.5) is 5.69 Å². The molecule has 1 spiro atoms. The van der Waals surface area contributed by atoms with Crippen LogP contribution in [-0.4, -0.2) is 61.7 Å². The Hall–Kier alpha value is -2.33. The number of sulfonamides is 1. The van der Waals surface area contributed by atoms with E-state index in [1.165, 1.54) is 11.1 Å². The maximum Gasteiger partial charge on any atom is 0.264 e. The fourth-order valence-electron chi connectivity index (χ4n) is 8.07. The highest BCUT2D eigenvalue weighted by molar-refractivity contribution is 7.90. The Kier molecular flexibility index (Phi) is 8.48. The third kappa shape index (κ3) is 5.78. The summed E-state index contributed by atoms with van der Waals surface area (Å²) in [5, 5.41) is 22.1. The lowest BCUT2D eigenvalue weighted by Crippen LogP contribution is -2.54. The standard InChI is InChI=1S/C33H43ClN2O6S/c1-2-26-7-3-4-15-33(39,20-37)28-11-8-24(28)18-36-19-32(14-5-6-22-16-25(34)10-12-27(22)32)21-42-30-13-9-23(17-29(30)36)31(38)35-43(26,40)41/h9-10,12-13,16-17,24,26,28,37,39H,2-8,11,14-15,18-21H2,1H3,(H,35,38)/t24-,26?,28+,32-,33+/m0/s1. The molecule has 1 fully saturated rings. The Morgan fingerprint density at radius 1 is 1.09 bits per heavy atom. The first-order chi connectivity index (χ1) is 20.6. The quantitative estimate of drug-likeness (QED) is 0.429. The number of ether oxygens (including phenoxy) is 1. The number of carbonyl (C=O) groups is 1. The molecule has 2 aromatic carbocycles. The summed E-state index contributed by atoms with van der Waals surface area (Å²) in [4.78, 5) is 15.7. The average molecular weight is 631 g/mol. The maximum absolute atomic E-state index is 13.4. The lowest BCUT2D eigenvalue weighted by Gasteiger charge is -2.49. The Morgan fingerprint density at radius 3 is 2.67 bits per heavy atom. The third-order valence-corrected chi connectivity index (χ3v) is 12.8. The molecule has 0 saturated heterocycles. The summed E-state index contributed by atoms with van der Waals surface area (Å²) in [6, 6.07) is 11.3. The smallest absolute Gasteiger partial charge is 0.264 e. The summed E-state index contributed by atoms with van der Waals surface area (Å²) in [7, 11) is -3.91.